The molecular weight excluding hydrogens is 223 g/mol. The van der Waals surface area contributed by atoms with Gasteiger partial charge in [0.2, 0.25) is 0 Å². The van der Waals surface area contributed by atoms with Crippen LogP contribution in [0.5, 0.6) is 0 Å². The Labute approximate surface area is 99.6 Å². The largest absolute Gasteiger partial charge is 0.392 e. The average molecular weight is 240 g/mol. The van der Waals surface area contributed by atoms with Gasteiger partial charge in [0.15, 0.2) is 0 Å². The number of nitrogens with two attached hydrogens (primary N) is 1. The molecule has 0 heterocycles. The van der Waals surface area contributed by atoms with Gasteiger partial charge in [0.05, 0.1) is 6.10 Å². The number of hydrogen-bond donors (Lipinski definition) is 3. The molecule has 1 rings (SSSR count). The SMILES string of the molecule is Cc1cc(F)ccc1C(=O)NCC(N)C(C)O. The number of aliphatic hydroxyl groups is 1. The Bertz CT molecular complexity index is 407. The maximum atomic E-state index is 12.8. The number of benzene rings is 1. The molecule has 0 aliphatic heterocycles. The van der Waals surface area contributed by atoms with E-state index in [9.17, 15) is 9.18 Å². The van der Waals surface area contributed by atoms with Crippen LogP contribution >= 0.6 is 0 Å². The lowest BCUT2D eigenvalue weighted by Gasteiger charge is -2.15. The molecule has 2 unspecified atom stereocenters. The molecule has 0 bridgehead atoms. The van der Waals surface area contributed by atoms with Gasteiger partial charge >= 0.3 is 0 Å². The molecule has 5 heteroatoms. The third-order valence-corrected chi connectivity index (χ3v) is 2.55. The van der Waals surface area contributed by atoms with Crippen molar-refractivity contribution in [2.75, 3.05) is 6.54 Å². The van der Waals surface area contributed by atoms with Gasteiger partial charge in [0.25, 0.3) is 5.91 Å². The van der Waals surface area contributed by atoms with E-state index < -0.39 is 12.1 Å². The van der Waals surface area contributed by atoms with Gasteiger partial charge in [-0.15, -0.1) is 0 Å². The number of rotatable bonds is 4. The van der Waals surface area contributed by atoms with Gasteiger partial charge in [-0.3, -0.25) is 4.79 Å². The van der Waals surface area contributed by atoms with Gasteiger partial charge in [-0.05, 0) is 37.6 Å². The molecule has 94 valence electrons. The van der Waals surface area contributed by atoms with Crippen molar-refractivity contribution in [3.8, 4) is 0 Å². The standard InChI is InChI=1S/C12H17FN2O2/c1-7-5-9(13)3-4-10(7)12(17)15-6-11(14)8(2)16/h3-5,8,11,16H,6,14H2,1-2H3,(H,15,17). The molecule has 0 fully saturated rings. The fraction of sp³-hybridized carbons (Fsp3) is 0.417. The van der Waals surface area contributed by atoms with Gasteiger partial charge in [-0.1, -0.05) is 0 Å². The van der Waals surface area contributed by atoms with E-state index >= 15 is 0 Å². The summed E-state index contributed by atoms with van der Waals surface area (Å²) in [5.74, 6) is -0.696. The van der Waals surface area contributed by atoms with Crippen LogP contribution in [0.3, 0.4) is 0 Å². The number of nitrogens with one attached hydrogen (secondary N) is 1. The fourth-order valence-electron chi connectivity index (χ4n) is 1.36. The quantitative estimate of drug-likeness (QED) is 0.720. The van der Waals surface area contributed by atoms with Crippen LogP contribution in [0.1, 0.15) is 22.8 Å². The lowest BCUT2D eigenvalue weighted by Crippen LogP contribution is -2.43. The second-order valence-corrected chi connectivity index (χ2v) is 4.07. The van der Waals surface area contributed by atoms with Gasteiger partial charge in [-0.25, -0.2) is 4.39 Å². The summed E-state index contributed by atoms with van der Waals surface area (Å²) in [4.78, 5) is 11.7. The van der Waals surface area contributed by atoms with Gasteiger partial charge in [0, 0.05) is 18.2 Å². The van der Waals surface area contributed by atoms with Gasteiger partial charge < -0.3 is 16.2 Å². The van der Waals surface area contributed by atoms with Crippen LogP contribution in [-0.4, -0.2) is 29.7 Å². The zero-order chi connectivity index (χ0) is 13.0. The average Bonchev–Trinajstić information content (AvgIpc) is 2.25. The van der Waals surface area contributed by atoms with Crippen molar-refractivity contribution in [2.45, 2.75) is 26.0 Å². The van der Waals surface area contributed by atoms with E-state index in [-0.39, 0.29) is 18.3 Å². The molecule has 17 heavy (non-hydrogen) atoms. The summed E-state index contributed by atoms with van der Waals surface area (Å²) in [7, 11) is 0. The highest BCUT2D eigenvalue weighted by Gasteiger charge is 2.13. The topological polar surface area (TPSA) is 75.4 Å². The Kier molecular flexibility index (Phi) is 4.60. The first-order valence-electron chi connectivity index (χ1n) is 5.40. The van der Waals surface area contributed by atoms with Crippen LogP contribution in [0.25, 0.3) is 0 Å². The second-order valence-electron chi connectivity index (χ2n) is 4.07. The van der Waals surface area contributed by atoms with Crippen LogP contribution in [0.2, 0.25) is 0 Å². The molecule has 1 aromatic rings. The summed E-state index contributed by atoms with van der Waals surface area (Å²) < 4.78 is 12.8. The number of amides is 1. The summed E-state index contributed by atoms with van der Waals surface area (Å²) in [5.41, 5.74) is 6.55. The van der Waals surface area contributed by atoms with E-state index in [1.807, 2.05) is 0 Å². The first-order chi connectivity index (χ1) is 7.91. The van der Waals surface area contributed by atoms with Crippen molar-refractivity contribution < 1.29 is 14.3 Å². The summed E-state index contributed by atoms with van der Waals surface area (Å²) in [5, 5.41) is 11.8. The highest BCUT2D eigenvalue weighted by Crippen LogP contribution is 2.09. The maximum Gasteiger partial charge on any atom is 0.251 e. The van der Waals surface area contributed by atoms with E-state index in [1.165, 1.54) is 18.2 Å². The zero-order valence-corrected chi connectivity index (χ0v) is 9.90. The van der Waals surface area contributed by atoms with Crippen molar-refractivity contribution in [3.63, 3.8) is 0 Å². The van der Waals surface area contributed by atoms with Crippen molar-refractivity contribution >= 4 is 5.91 Å². The Hall–Kier alpha value is -1.46. The molecule has 0 saturated carbocycles. The Morgan fingerprint density at radius 2 is 2.24 bits per heavy atom. The normalized spacial score (nSPS) is 14.2. The highest BCUT2D eigenvalue weighted by atomic mass is 19.1. The van der Waals surface area contributed by atoms with Gasteiger partial charge in [0.1, 0.15) is 5.82 Å². The number of hydrogen-bond acceptors (Lipinski definition) is 3. The molecule has 0 saturated heterocycles. The number of aryl methyl sites for hydroxylation is 1. The molecule has 0 aliphatic carbocycles. The lowest BCUT2D eigenvalue weighted by atomic mass is 10.1. The molecule has 0 aliphatic rings. The molecule has 1 amide bonds. The van der Waals surface area contributed by atoms with Crippen molar-refractivity contribution in [3.05, 3.63) is 35.1 Å². The number of aliphatic hydroxyl groups excluding tert-OH is 1. The van der Waals surface area contributed by atoms with E-state index in [0.717, 1.165) is 0 Å². The minimum Gasteiger partial charge on any atom is -0.392 e. The molecule has 0 radical (unpaired) electrons. The molecule has 0 aromatic heterocycles. The molecule has 0 spiro atoms. The maximum absolute atomic E-state index is 12.8. The van der Waals surface area contributed by atoms with E-state index in [1.54, 1.807) is 13.8 Å². The molecule has 1 aromatic carbocycles. The number of carbonyl (C=O) groups is 1. The third kappa shape index (κ3) is 3.80. The van der Waals surface area contributed by atoms with Crippen LogP contribution in [0.15, 0.2) is 18.2 Å². The minimum absolute atomic E-state index is 0.174. The first kappa shape index (κ1) is 13.6. The second kappa shape index (κ2) is 5.75. The first-order valence-corrected chi connectivity index (χ1v) is 5.40. The van der Waals surface area contributed by atoms with Crippen LogP contribution < -0.4 is 11.1 Å². The predicted molar refractivity (Wildman–Crippen MR) is 63.1 cm³/mol. The van der Waals surface area contributed by atoms with Crippen LogP contribution in [-0.2, 0) is 0 Å². The summed E-state index contributed by atoms with van der Waals surface area (Å²) >= 11 is 0. The third-order valence-electron chi connectivity index (χ3n) is 2.55. The molecule has 2 atom stereocenters. The zero-order valence-electron chi connectivity index (χ0n) is 9.90. The van der Waals surface area contributed by atoms with Gasteiger partial charge in [-0.2, -0.15) is 0 Å². The minimum atomic E-state index is -0.690. The number of carbonyl (C=O) groups excluding carboxylic acids is 1. The Morgan fingerprint density at radius 3 is 2.76 bits per heavy atom. The summed E-state index contributed by atoms with van der Waals surface area (Å²) in [6.45, 7) is 3.39. The highest BCUT2D eigenvalue weighted by molar-refractivity contribution is 5.95. The predicted octanol–water partition coefficient (Wildman–Crippen LogP) is 0.572. The Morgan fingerprint density at radius 1 is 1.59 bits per heavy atom. The lowest BCUT2D eigenvalue weighted by molar-refractivity contribution is 0.0937. The van der Waals surface area contributed by atoms with E-state index in [0.29, 0.717) is 11.1 Å². The van der Waals surface area contributed by atoms with Crippen LogP contribution in [0, 0.1) is 12.7 Å². The molecule has 4 N–H and O–H groups in total. The number of halogens is 1. The van der Waals surface area contributed by atoms with E-state index in [4.69, 9.17) is 10.8 Å². The van der Waals surface area contributed by atoms with E-state index in [2.05, 4.69) is 5.32 Å². The smallest absolute Gasteiger partial charge is 0.251 e. The fourth-order valence-corrected chi connectivity index (χ4v) is 1.36. The molecule has 4 nitrogen and oxygen atoms in total. The monoisotopic (exact) mass is 240 g/mol. The summed E-state index contributed by atoms with van der Waals surface area (Å²) in [6, 6.07) is 3.44. The van der Waals surface area contributed by atoms with Crippen molar-refractivity contribution in [1.29, 1.82) is 0 Å². The summed E-state index contributed by atoms with van der Waals surface area (Å²) in [6.07, 6.45) is -0.690. The van der Waals surface area contributed by atoms with Crippen molar-refractivity contribution in [1.82, 2.24) is 5.32 Å². The van der Waals surface area contributed by atoms with Crippen molar-refractivity contribution in [2.24, 2.45) is 5.73 Å². The molecular formula is C12H17FN2O2. The Balaban J connectivity index is 2.64. The van der Waals surface area contributed by atoms with Crippen LogP contribution in [0.4, 0.5) is 4.39 Å².